The van der Waals surface area contributed by atoms with Crippen LogP contribution in [0.5, 0.6) is 11.5 Å². The number of anilines is 2. The van der Waals surface area contributed by atoms with Crippen molar-refractivity contribution in [1.29, 1.82) is 0 Å². The molecular formula is C25H31N5O4. The van der Waals surface area contributed by atoms with Crippen LogP contribution in [-0.4, -0.2) is 66.5 Å². The zero-order valence-electron chi connectivity index (χ0n) is 19.7. The van der Waals surface area contributed by atoms with Gasteiger partial charge in [-0.25, -0.2) is 4.98 Å². The number of nitrogen functional groups attached to an aromatic ring is 1. The van der Waals surface area contributed by atoms with Gasteiger partial charge in [0, 0.05) is 25.7 Å². The number of nitrogens with zero attached hydrogens (tertiary/aromatic N) is 4. The maximum absolute atomic E-state index is 13.3. The van der Waals surface area contributed by atoms with Gasteiger partial charge >= 0.3 is 0 Å². The summed E-state index contributed by atoms with van der Waals surface area (Å²) in [5.74, 6) is 1.92. The van der Waals surface area contributed by atoms with Crippen molar-refractivity contribution in [2.75, 3.05) is 37.4 Å². The molecule has 3 N–H and O–H groups in total. The molecular weight excluding hydrogens is 434 g/mol. The predicted octanol–water partition coefficient (Wildman–Crippen LogP) is 2.64. The van der Waals surface area contributed by atoms with Crippen LogP contribution in [0, 0.1) is 0 Å². The monoisotopic (exact) mass is 465 g/mol. The molecule has 34 heavy (non-hydrogen) atoms. The second-order valence-electron chi connectivity index (χ2n) is 7.94. The van der Waals surface area contributed by atoms with Crippen LogP contribution in [0.3, 0.4) is 0 Å². The average Bonchev–Trinajstić information content (AvgIpc) is 2.84. The standard InChI is InChI=1S/C25H31N5O4/c1-17(34-19-8-6-5-7-9-19)10-11-20(27-3)25(32)30-13-12-29(16-22(30)18(2)31)21-15-28-24(26)14-23(21)33-4/h5-11,14-15,18,22,31H,3,12-13,16H2,1-2,4H3,(H2,26,28)/b17-10+,20-11-/t18-,22-/m1/s1. The number of amides is 1. The SMILES string of the molecule is C=N/C(=C\C=C(/C)Oc1ccccc1)C(=O)N1CCN(c2cnc(N)cc2OC)C[C@@H]1[C@@H](C)O. The van der Waals surface area contributed by atoms with Crippen LogP contribution in [0.25, 0.3) is 0 Å². The number of aliphatic imine (C=N–C) groups is 1. The predicted molar refractivity (Wildman–Crippen MR) is 133 cm³/mol. The summed E-state index contributed by atoms with van der Waals surface area (Å²) in [6.45, 7) is 8.30. The number of aliphatic hydroxyl groups is 1. The van der Waals surface area contributed by atoms with E-state index in [1.54, 1.807) is 50.3 Å². The zero-order valence-corrected chi connectivity index (χ0v) is 19.7. The summed E-state index contributed by atoms with van der Waals surface area (Å²) >= 11 is 0. The van der Waals surface area contributed by atoms with Gasteiger partial charge in [-0.15, -0.1) is 0 Å². The Labute approximate surface area is 199 Å². The van der Waals surface area contributed by atoms with E-state index in [1.165, 1.54) is 0 Å². The molecule has 0 bridgehead atoms. The zero-order chi connectivity index (χ0) is 24.7. The molecule has 1 fully saturated rings. The molecule has 3 rings (SSSR count). The highest BCUT2D eigenvalue weighted by Crippen LogP contribution is 2.31. The number of aromatic nitrogens is 1. The molecule has 0 radical (unpaired) electrons. The molecule has 180 valence electrons. The minimum atomic E-state index is -0.774. The highest BCUT2D eigenvalue weighted by molar-refractivity contribution is 5.94. The Kier molecular flexibility index (Phi) is 8.26. The van der Waals surface area contributed by atoms with E-state index in [0.29, 0.717) is 42.7 Å². The third-order valence-corrected chi connectivity index (χ3v) is 5.55. The number of nitrogens with two attached hydrogens (primary N) is 1. The number of para-hydroxylation sites is 1. The number of pyridine rings is 1. The summed E-state index contributed by atoms with van der Waals surface area (Å²) in [6, 6.07) is 10.5. The topological polar surface area (TPSA) is 114 Å². The number of hydrogen-bond donors (Lipinski definition) is 2. The highest BCUT2D eigenvalue weighted by atomic mass is 16.5. The van der Waals surface area contributed by atoms with E-state index in [-0.39, 0.29) is 11.6 Å². The van der Waals surface area contributed by atoms with Crippen LogP contribution in [-0.2, 0) is 4.79 Å². The number of carbonyl (C=O) groups is 1. The van der Waals surface area contributed by atoms with Gasteiger partial charge in [-0.2, -0.15) is 0 Å². The largest absolute Gasteiger partial charge is 0.494 e. The molecule has 1 aromatic carbocycles. The number of aliphatic hydroxyl groups excluding tert-OH is 1. The lowest BCUT2D eigenvalue weighted by molar-refractivity contribution is -0.132. The first kappa shape index (κ1) is 24.8. The molecule has 0 aliphatic carbocycles. The van der Waals surface area contributed by atoms with Crippen molar-refractivity contribution in [3.8, 4) is 11.5 Å². The lowest BCUT2D eigenvalue weighted by Crippen LogP contribution is -2.59. The van der Waals surface area contributed by atoms with Gasteiger partial charge in [0.1, 0.15) is 28.8 Å². The number of ether oxygens (including phenoxy) is 2. The molecule has 2 atom stereocenters. The number of piperazine rings is 1. The third kappa shape index (κ3) is 5.93. The van der Waals surface area contributed by atoms with Crippen molar-refractivity contribution in [3.63, 3.8) is 0 Å². The fourth-order valence-corrected chi connectivity index (χ4v) is 3.78. The molecule has 9 heteroatoms. The third-order valence-electron chi connectivity index (χ3n) is 5.55. The van der Waals surface area contributed by atoms with Gasteiger partial charge in [0.25, 0.3) is 5.91 Å². The fourth-order valence-electron chi connectivity index (χ4n) is 3.78. The number of carbonyl (C=O) groups excluding carboxylic acids is 1. The average molecular weight is 466 g/mol. The van der Waals surface area contributed by atoms with E-state index in [9.17, 15) is 9.90 Å². The Hall–Kier alpha value is -3.85. The summed E-state index contributed by atoms with van der Waals surface area (Å²) in [5, 5.41) is 10.5. The Balaban J connectivity index is 1.77. The van der Waals surface area contributed by atoms with Crippen LogP contribution in [0.15, 0.2) is 71.2 Å². The van der Waals surface area contributed by atoms with E-state index in [4.69, 9.17) is 15.2 Å². The second kappa shape index (κ2) is 11.3. The molecule has 1 amide bonds. The maximum Gasteiger partial charge on any atom is 0.272 e. The van der Waals surface area contributed by atoms with Crippen LogP contribution in [0.4, 0.5) is 11.5 Å². The van der Waals surface area contributed by atoms with E-state index in [0.717, 1.165) is 5.69 Å². The highest BCUT2D eigenvalue weighted by Gasteiger charge is 2.35. The first-order chi connectivity index (χ1) is 16.3. The van der Waals surface area contributed by atoms with Crippen LogP contribution < -0.4 is 20.1 Å². The van der Waals surface area contributed by atoms with Gasteiger partial charge in [-0.05, 0) is 44.8 Å². The van der Waals surface area contributed by atoms with Gasteiger partial charge < -0.3 is 30.1 Å². The lowest BCUT2D eigenvalue weighted by Gasteiger charge is -2.43. The Morgan fingerprint density at radius 2 is 2.06 bits per heavy atom. The van der Waals surface area contributed by atoms with Crippen molar-refractivity contribution >= 4 is 24.1 Å². The number of hydrogen-bond acceptors (Lipinski definition) is 8. The van der Waals surface area contributed by atoms with E-state index in [1.807, 2.05) is 35.2 Å². The van der Waals surface area contributed by atoms with Crippen LogP contribution >= 0.6 is 0 Å². The molecule has 1 aliphatic rings. The quantitative estimate of drug-likeness (QED) is 0.267. The van der Waals surface area contributed by atoms with Gasteiger partial charge in [0.05, 0.1) is 31.1 Å². The fraction of sp³-hybridized carbons (Fsp3) is 0.320. The van der Waals surface area contributed by atoms with Crippen molar-refractivity contribution in [2.24, 2.45) is 4.99 Å². The summed E-state index contributed by atoms with van der Waals surface area (Å²) < 4.78 is 11.2. The minimum absolute atomic E-state index is 0.168. The van der Waals surface area contributed by atoms with Gasteiger partial charge in [-0.3, -0.25) is 9.79 Å². The summed E-state index contributed by atoms with van der Waals surface area (Å²) in [5.41, 5.74) is 6.69. The first-order valence-corrected chi connectivity index (χ1v) is 11.0. The van der Waals surface area contributed by atoms with E-state index >= 15 is 0 Å². The lowest BCUT2D eigenvalue weighted by atomic mass is 10.1. The number of methoxy groups -OCH3 is 1. The Morgan fingerprint density at radius 1 is 1.32 bits per heavy atom. The van der Waals surface area contributed by atoms with Crippen molar-refractivity contribution in [1.82, 2.24) is 9.88 Å². The Bertz CT molecular complexity index is 1070. The summed E-state index contributed by atoms with van der Waals surface area (Å²) in [6.07, 6.45) is 4.12. The molecule has 2 aromatic rings. The number of allylic oxidation sites excluding steroid dienone is 3. The molecule has 0 spiro atoms. The molecule has 1 saturated heterocycles. The molecule has 9 nitrogen and oxygen atoms in total. The molecule has 2 heterocycles. The second-order valence-corrected chi connectivity index (χ2v) is 7.94. The summed E-state index contributed by atoms with van der Waals surface area (Å²) in [4.78, 5) is 25.0. The van der Waals surface area contributed by atoms with Crippen molar-refractivity contribution < 1.29 is 19.4 Å². The molecule has 1 aliphatic heterocycles. The molecule has 1 aromatic heterocycles. The Morgan fingerprint density at radius 3 is 2.71 bits per heavy atom. The molecule has 0 saturated carbocycles. The van der Waals surface area contributed by atoms with Gasteiger partial charge in [-0.1, -0.05) is 18.2 Å². The normalized spacial score (nSPS) is 17.8. The van der Waals surface area contributed by atoms with Gasteiger partial charge in [0.15, 0.2) is 0 Å². The van der Waals surface area contributed by atoms with Gasteiger partial charge in [0.2, 0.25) is 0 Å². The van der Waals surface area contributed by atoms with Crippen molar-refractivity contribution in [3.05, 3.63) is 66.2 Å². The smallest absolute Gasteiger partial charge is 0.272 e. The minimum Gasteiger partial charge on any atom is -0.494 e. The first-order valence-electron chi connectivity index (χ1n) is 11.0. The maximum atomic E-state index is 13.3. The van der Waals surface area contributed by atoms with Crippen LogP contribution in [0.1, 0.15) is 13.8 Å². The van der Waals surface area contributed by atoms with E-state index < -0.39 is 12.1 Å². The van der Waals surface area contributed by atoms with E-state index in [2.05, 4.69) is 16.7 Å². The number of rotatable bonds is 8. The molecule has 0 unspecified atom stereocenters. The van der Waals surface area contributed by atoms with Crippen molar-refractivity contribution in [2.45, 2.75) is 26.0 Å². The van der Waals surface area contributed by atoms with Crippen LogP contribution in [0.2, 0.25) is 0 Å². The number of benzene rings is 1. The summed E-state index contributed by atoms with van der Waals surface area (Å²) in [7, 11) is 1.56.